The van der Waals surface area contributed by atoms with Crippen LogP contribution in [0, 0.1) is 0 Å². The van der Waals surface area contributed by atoms with Gasteiger partial charge in [0.05, 0.1) is 5.60 Å². The zero-order chi connectivity index (χ0) is 22.7. The lowest BCUT2D eigenvalue weighted by atomic mass is 9.85. The van der Waals surface area contributed by atoms with E-state index in [1.165, 1.54) is 0 Å². The third-order valence-electron chi connectivity index (χ3n) is 6.69. The van der Waals surface area contributed by atoms with Crippen molar-refractivity contribution in [2.75, 3.05) is 26.7 Å². The molecule has 3 aliphatic rings. The standard InChI is InChI=1S/C27H29N3O3/c1-32-24-7-2-8-25-23(24)19-20(22-6-3-13-29-26(22)33-25)5-4-16-30-17-11-27(31,12-18-30)21-9-14-28-15-10-21/h2-3,5-10,13-15,19,24,31H,4,11-12,16-18H2,1H3. The van der Waals surface area contributed by atoms with Crippen molar-refractivity contribution in [3.63, 3.8) is 0 Å². The molecule has 2 aromatic heterocycles. The molecule has 1 fully saturated rings. The average molecular weight is 444 g/mol. The molecule has 2 aliphatic heterocycles. The average Bonchev–Trinajstić information content (AvgIpc) is 3.02. The molecular weight excluding hydrogens is 414 g/mol. The first-order valence-electron chi connectivity index (χ1n) is 11.5. The maximum atomic E-state index is 11.1. The molecular formula is C27H29N3O3. The second-order valence-corrected chi connectivity index (χ2v) is 8.69. The Bertz CT molecular complexity index is 1110. The number of pyridine rings is 2. The highest BCUT2D eigenvalue weighted by molar-refractivity contribution is 5.80. The predicted octanol–water partition coefficient (Wildman–Crippen LogP) is 4.02. The number of aromatic nitrogens is 2. The number of ether oxygens (including phenoxy) is 2. The van der Waals surface area contributed by atoms with Crippen molar-refractivity contribution in [2.24, 2.45) is 0 Å². The third kappa shape index (κ3) is 4.55. The van der Waals surface area contributed by atoms with Gasteiger partial charge in [0.15, 0.2) is 0 Å². The number of piperidine rings is 1. The summed E-state index contributed by atoms with van der Waals surface area (Å²) in [6.07, 6.45) is 17.8. The Labute approximate surface area is 194 Å². The summed E-state index contributed by atoms with van der Waals surface area (Å²) in [7, 11) is 1.71. The summed E-state index contributed by atoms with van der Waals surface area (Å²) in [6, 6.07) is 7.83. The number of hydrogen-bond acceptors (Lipinski definition) is 6. The van der Waals surface area contributed by atoms with E-state index >= 15 is 0 Å². The van der Waals surface area contributed by atoms with Crippen molar-refractivity contribution in [1.29, 1.82) is 0 Å². The van der Waals surface area contributed by atoms with E-state index < -0.39 is 5.60 Å². The van der Waals surface area contributed by atoms with Gasteiger partial charge >= 0.3 is 0 Å². The van der Waals surface area contributed by atoms with Gasteiger partial charge in [-0.3, -0.25) is 4.98 Å². The van der Waals surface area contributed by atoms with Gasteiger partial charge < -0.3 is 19.5 Å². The number of allylic oxidation sites excluding steroid dienone is 4. The summed E-state index contributed by atoms with van der Waals surface area (Å²) in [6.45, 7) is 2.67. The van der Waals surface area contributed by atoms with Crippen LogP contribution >= 0.6 is 0 Å². The molecule has 4 heterocycles. The van der Waals surface area contributed by atoms with Crippen LogP contribution in [0.5, 0.6) is 5.88 Å². The molecule has 170 valence electrons. The fraction of sp³-hybridized carbons (Fsp3) is 0.333. The SMILES string of the molecule is COC1C=CC=C2Oc3ncccc3C(=CCCN3CCC(O)(c4ccncc4)CC3)C=C21. The van der Waals surface area contributed by atoms with Crippen molar-refractivity contribution < 1.29 is 14.6 Å². The Morgan fingerprint density at radius 1 is 1.21 bits per heavy atom. The van der Waals surface area contributed by atoms with Gasteiger partial charge in [-0.2, -0.15) is 0 Å². The predicted molar refractivity (Wildman–Crippen MR) is 127 cm³/mol. The molecule has 0 saturated carbocycles. The zero-order valence-corrected chi connectivity index (χ0v) is 18.9. The van der Waals surface area contributed by atoms with Crippen molar-refractivity contribution >= 4 is 5.57 Å². The van der Waals surface area contributed by atoms with Gasteiger partial charge in [0, 0.05) is 56.5 Å². The molecule has 1 atom stereocenters. The van der Waals surface area contributed by atoms with Crippen LogP contribution in [0.1, 0.15) is 30.4 Å². The number of likely N-dealkylation sites (tertiary alicyclic amines) is 1. The molecule has 1 unspecified atom stereocenters. The molecule has 0 bridgehead atoms. The molecule has 2 aromatic rings. The van der Waals surface area contributed by atoms with E-state index in [9.17, 15) is 5.11 Å². The van der Waals surface area contributed by atoms with Gasteiger partial charge in [-0.25, -0.2) is 4.98 Å². The lowest BCUT2D eigenvalue weighted by Gasteiger charge is -2.38. The van der Waals surface area contributed by atoms with Crippen molar-refractivity contribution in [3.8, 4) is 5.88 Å². The molecule has 1 aliphatic carbocycles. The van der Waals surface area contributed by atoms with E-state index in [-0.39, 0.29) is 6.10 Å². The van der Waals surface area contributed by atoms with Crippen LogP contribution in [0.3, 0.4) is 0 Å². The summed E-state index contributed by atoms with van der Waals surface area (Å²) in [5.41, 5.74) is 3.30. The number of fused-ring (bicyclic) bond motifs is 2. The highest BCUT2D eigenvalue weighted by atomic mass is 16.5. The maximum absolute atomic E-state index is 11.1. The normalized spacial score (nSPS) is 23.1. The molecule has 0 amide bonds. The van der Waals surface area contributed by atoms with Gasteiger partial charge in [-0.05, 0) is 66.8 Å². The minimum absolute atomic E-state index is 0.143. The second-order valence-electron chi connectivity index (χ2n) is 8.69. The molecule has 0 aromatic carbocycles. The van der Waals surface area contributed by atoms with Gasteiger partial charge in [0.1, 0.15) is 11.9 Å². The van der Waals surface area contributed by atoms with Crippen molar-refractivity contribution in [2.45, 2.75) is 31.0 Å². The maximum Gasteiger partial charge on any atom is 0.227 e. The first-order chi connectivity index (χ1) is 16.2. The van der Waals surface area contributed by atoms with E-state index in [2.05, 4.69) is 27.0 Å². The molecule has 1 saturated heterocycles. The minimum atomic E-state index is -0.752. The van der Waals surface area contributed by atoms with Crippen LogP contribution in [0.2, 0.25) is 0 Å². The summed E-state index contributed by atoms with van der Waals surface area (Å²) >= 11 is 0. The van der Waals surface area contributed by atoms with Crippen LogP contribution in [0.15, 0.2) is 84.6 Å². The van der Waals surface area contributed by atoms with E-state index in [1.54, 1.807) is 25.7 Å². The van der Waals surface area contributed by atoms with E-state index in [4.69, 9.17) is 9.47 Å². The molecule has 6 heteroatoms. The molecule has 0 spiro atoms. The van der Waals surface area contributed by atoms with E-state index in [0.29, 0.717) is 5.88 Å². The quantitative estimate of drug-likeness (QED) is 0.753. The number of aliphatic hydroxyl groups is 1. The number of methoxy groups -OCH3 is 1. The van der Waals surface area contributed by atoms with Crippen LogP contribution < -0.4 is 4.74 Å². The van der Waals surface area contributed by atoms with Crippen molar-refractivity contribution in [1.82, 2.24) is 14.9 Å². The Balaban J connectivity index is 1.30. The molecule has 33 heavy (non-hydrogen) atoms. The Kier molecular flexibility index (Phi) is 6.22. The summed E-state index contributed by atoms with van der Waals surface area (Å²) in [5.74, 6) is 1.39. The lowest BCUT2D eigenvalue weighted by Crippen LogP contribution is -2.42. The zero-order valence-electron chi connectivity index (χ0n) is 18.9. The molecule has 0 radical (unpaired) electrons. The lowest BCUT2D eigenvalue weighted by molar-refractivity contribution is -0.0255. The number of nitrogens with zero attached hydrogens (tertiary/aromatic N) is 3. The van der Waals surface area contributed by atoms with Gasteiger partial charge in [0.2, 0.25) is 5.88 Å². The van der Waals surface area contributed by atoms with Crippen LogP contribution in [-0.2, 0) is 10.3 Å². The Hall–Kier alpha value is -3.06. The monoisotopic (exact) mass is 443 g/mol. The fourth-order valence-corrected chi connectivity index (χ4v) is 4.75. The fourth-order valence-electron chi connectivity index (χ4n) is 4.75. The van der Waals surface area contributed by atoms with Crippen LogP contribution in [0.4, 0.5) is 0 Å². The van der Waals surface area contributed by atoms with Gasteiger partial charge in [-0.1, -0.05) is 18.2 Å². The first-order valence-corrected chi connectivity index (χ1v) is 11.5. The highest BCUT2D eigenvalue weighted by Crippen LogP contribution is 2.37. The van der Waals surface area contributed by atoms with E-state index in [1.807, 2.05) is 42.5 Å². The van der Waals surface area contributed by atoms with Gasteiger partial charge in [-0.15, -0.1) is 0 Å². The summed E-state index contributed by atoms with van der Waals surface area (Å²) in [5, 5.41) is 11.1. The largest absolute Gasteiger partial charge is 0.438 e. The molecule has 1 N–H and O–H groups in total. The molecule has 6 nitrogen and oxygen atoms in total. The third-order valence-corrected chi connectivity index (χ3v) is 6.69. The summed E-state index contributed by atoms with van der Waals surface area (Å²) < 4.78 is 11.8. The van der Waals surface area contributed by atoms with Gasteiger partial charge in [0.25, 0.3) is 0 Å². The Morgan fingerprint density at radius 3 is 2.82 bits per heavy atom. The van der Waals surface area contributed by atoms with Crippen LogP contribution in [0.25, 0.3) is 5.57 Å². The van der Waals surface area contributed by atoms with Crippen LogP contribution in [-0.4, -0.2) is 52.8 Å². The summed E-state index contributed by atoms with van der Waals surface area (Å²) in [4.78, 5) is 11.0. The minimum Gasteiger partial charge on any atom is -0.438 e. The Morgan fingerprint density at radius 2 is 2.03 bits per heavy atom. The molecule has 5 rings (SSSR count). The highest BCUT2D eigenvalue weighted by Gasteiger charge is 2.33. The smallest absolute Gasteiger partial charge is 0.227 e. The van der Waals surface area contributed by atoms with E-state index in [0.717, 1.165) is 66.9 Å². The number of hydrogen-bond donors (Lipinski definition) is 1. The van der Waals surface area contributed by atoms with Crippen molar-refractivity contribution in [3.05, 3.63) is 95.7 Å². The number of rotatable bonds is 5. The topological polar surface area (TPSA) is 67.7 Å². The second kappa shape index (κ2) is 9.43. The first kappa shape index (κ1) is 21.8.